The molecule has 0 saturated carbocycles. The number of hydrogen-bond acceptors (Lipinski definition) is 6. The Hall–Kier alpha value is -3.89. The minimum Gasteiger partial charge on any atom is -0.462 e. The van der Waals surface area contributed by atoms with E-state index in [0.717, 1.165) is 18.2 Å². The van der Waals surface area contributed by atoms with Gasteiger partial charge in [0.15, 0.2) is 6.61 Å². The fourth-order valence-corrected chi connectivity index (χ4v) is 3.33. The quantitative estimate of drug-likeness (QED) is 0.612. The van der Waals surface area contributed by atoms with Crippen LogP contribution < -0.4 is 10.2 Å². The zero-order valence-corrected chi connectivity index (χ0v) is 18.1. The second kappa shape index (κ2) is 10.4. The number of hydrogen-bond donors (Lipinski definition) is 1. The Bertz CT molecular complexity index is 1080. The predicted octanol–water partition coefficient (Wildman–Crippen LogP) is 3.42. The van der Waals surface area contributed by atoms with E-state index in [1.807, 2.05) is 0 Å². The summed E-state index contributed by atoms with van der Waals surface area (Å²) < 4.78 is 48.2. The van der Waals surface area contributed by atoms with Crippen molar-refractivity contribution in [2.75, 3.05) is 30.0 Å². The van der Waals surface area contributed by atoms with Gasteiger partial charge < -0.3 is 19.7 Å². The SMILES string of the molecule is CCOC(=O)c1ccc(N2C[C@@H](C(=O)OCC(=O)Nc3cccc(C(F)(F)F)c3)CC2=O)cc1. The van der Waals surface area contributed by atoms with E-state index in [1.165, 1.54) is 23.1 Å². The molecular formula is C23H21F3N2O6. The standard InChI is InChI=1S/C23H21F3N2O6/c1-2-33-21(31)14-6-8-18(9-7-14)28-12-15(10-20(28)30)22(32)34-13-19(29)27-17-5-3-4-16(11-17)23(24,25)26/h3-9,11,15H,2,10,12-13H2,1H3,(H,27,29)/t15-/m0/s1. The molecule has 8 nitrogen and oxygen atoms in total. The minimum atomic E-state index is -4.56. The zero-order chi connectivity index (χ0) is 24.9. The van der Waals surface area contributed by atoms with Gasteiger partial charge in [-0.2, -0.15) is 13.2 Å². The van der Waals surface area contributed by atoms with Crippen LogP contribution in [0.2, 0.25) is 0 Å². The first-order chi connectivity index (χ1) is 16.1. The zero-order valence-electron chi connectivity index (χ0n) is 18.1. The Labute approximate surface area is 192 Å². The third-order valence-electron chi connectivity index (χ3n) is 4.97. The van der Waals surface area contributed by atoms with Crippen LogP contribution in [0.3, 0.4) is 0 Å². The summed E-state index contributed by atoms with van der Waals surface area (Å²) in [5.41, 5.74) is -0.220. The van der Waals surface area contributed by atoms with Gasteiger partial charge in [0.25, 0.3) is 5.91 Å². The maximum Gasteiger partial charge on any atom is 0.416 e. The lowest BCUT2D eigenvalue weighted by Gasteiger charge is -2.17. The number of rotatable bonds is 7. The van der Waals surface area contributed by atoms with E-state index >= 15 is 0 Å². The average Bonchev–Trinajstić information content (AvgIpc) is 3.19. The molecular weight excluding hydrogens is 457 g/mol. The van der Waals surface area contributed by atoms with Crippen molar-refractivity contribution in [1.82, 2.24) is 0 Å². The summed E-state index contributed by atoms with van der Waals surface area (Å²) in [6.45, 7) is 1.22. The van der Waals surface area contributed by atoms with E-state index in [2.05, 4.69) is 5.32 Å². The predicted molar refractivity (Wildman–Crippen MR) is 114 cm³/mol. The van der Waals surface area contributed by atoms with Gasteiger partial charge in [0.1, 0.15) is 0 Å². The summed E-state index contributed by atoms with van der Waals surface area (Å²) >= 11 is 0. The molecule has 11 heteroatoms. The third kappa shape index (κ3) is 6.12. The number of esters is 2. The van der Waals surface area contributed by atoms with E-state index in [1.54, 1.807) is 19.1 Å². The number of nitrogens with one attached hydrogen (secondary N) is 1. The number of halogens is 3. The number of carbonyl (C=O) groups excluding carboxylic acids is 4. The Morgan fingerprint density at radius 2 is 1.79 bits per heavy atom. The highest BCUT2D eigenvalue weighted by atomic mass is 19.4. The second-order valence-corrected chi connectivity index (χ2v) is 7.41. The molecule has 1 aliphatic heterocycles. The van der Waals surface area contributed by atoms with Gasteiger partial charge in [-0.05, 0) is 49.4 Å². The van der Waals surface area contributed by atoms with Crippen molar-refractivity contribution in [3.05, 3.63) is 59.7 Å². The second-order valence-electron chi connectivity index (χ2n) is 7.41. The lowest BCUT2D eigenvalue weighted by Crippen LogP contribution is -2.28. The van der Waals surface area contributed by atoms with Crippen LogP contribution in [-0.2, 0) is 30.0 Å². The average molecular weight is 478 g/mol. The summed E-state index contributed by atoms with van der Waals surface area (Å²) in [6, 6.07) is 10.2. The highest BCUT2D eigenvalue weighted by Crippen LogP contribution is 2.30. The van der Waals surface area contributed by atoms with Crippen LogP contribution in [-0.4, -0.2) is 43.5 Å². The van der Waals surface area contributed by atoms with Crippen LogP contribution in [0.4, 0.5) is 24.5 Å². The molecule has 0 aromatic heterocycles. The molecule has 0 radical (unpaired) electrons. The fraction of sp³-hybridized carbons (Fsp3) is 0.304. The van der Waals surface area contributed by atoms with Gasteiger partial charge in [-0.1, -0.05) is 6.07 Å². The molecule has 1 heterocycles. The monoisotopic (exact) mass is 478 g/mol. The molecule has 0 bridgehead atoms. The number of ether oxygens (including phenoxy) is 2. The van der Waals surface area contributed by atoms with Gasteiger partial charge in [-0.25, -0.2) is 4.79 Å². The van der Waals surface area contributed by atoms with Crippen molar-refractivity contribution in [3.63, 3.8) is 0 Å². The van der Waals surface area contributed by atoms with Gasteiger partial charge in [0, 0.05) is 24.3 Å². The van der Waals surface area contributed by atoms with Crippen LogP contribution in [0.1, 0.15) is 29.3 Å². The Balaban J connectivity index is 1.53. The lowest BCUT2D eigenvalue weighted by molar-refractivity contribution is -0.151. The Kier molecular flexibility index (Phi) is 7.54. The largest absolute Gasteiger partial charge is 0.462 e. The van der Waals surface area contributed by atoms with Crippen LogP contribution >= 0.6 is 0 Å². The topological polar surface area (TPSA) is 102 Å². The van der Waals surface area contributed by atoms with Crippen molar-refractivity contribution >= 4 is 35.1 Å². The molecule has 0 spiro atoms. The number of benzene rings is 2. The molecule has 34 heavy (non-hydrogen) atoms. The molecule has 3 rings (SSSR count). The summed E-state index contributed by atoms with van der Waals surface area (Å²) in [7, 11) is 0. The van der Waals surface area contributed by atoms with Gasteiger partial charge in [-0.15, -0.1) is 0 Å². The summed E-state index contributed by atoms with van der Waals surface area (Å²) in [5.74, 6) is -3.24. The molecule has 1 saturated heterocycles. The number of carbonyl (C=O) groups is 4. The van der Waals surface area contributed by atoms with E-state index in [9.17, 15) is 32.3 Å². The van der Waals surface area contributed by atoms with Crippen molar-refractivity contribution in [3.8, 4) is 0 Å². The molecule has 0 aliphatic carbocycles. The van der Waals surface area contributed by atoms with E-state index in [-0.39, 0.29) is 31.2 Å². The van der Waals surface area contributed by atoms with Crippen molar-refractivity contribution in [2.24, 2.45) is 5.92 Å². The third-order valence-corrected chi connectivity index (χ3v) is 4.97. The van der Waals surface area contributed by atoms with Crippen molar-refractivity contribution in [2.45, 2.75) is 19.5 Å². The van der Waals surface area contributed by atoms with Crippen LogP contribution in [0.25, 0.3) is 0 Å². The number of amides is 2. The normalized spacial score (nSPS) is 15.7. The van der Waals surface area contributed by atoms with Crippen molar-refractivity contribution < 1.29 is 41.8 Å². The van der Waals surface area contributed by atoms with Gasteiger partial charge in [-0.3, -0.25) is 14.4 Å². The summed E-state index contributed by atoms with van der Waals surface area (Å²) in [4.78, 5) is 49.8. The van der Waals surface area contributed by atoms with Crippen LogP contribution in [0.5, 0.6) is 0 Å². The molecule has 2 aromatic rings. The molecule has 2 aromatic carbocycles. The first-order valence-corrected chi connectivity index (χ1v) is 10.3. The van der Waals surface area contributed by atoms with E-state index in [0.29, 0.717) is 11.3 Å². The molecule has 1 aliphatic rings. The molecule has 180 valence electrons. The first-order valence-electron chi connectivity index (χ1n) is 10.3. The molecule has 1 N–H and O–H groups in total. The lowest BCUT2D eigenvalue weighted by atomic mass is 10.1. The number of anilines is 2. The van der Waals surface area contributed by atoms with E-state index < -0.39 is 42.1 Å². The summed E-state index contributed by atoms with van der Waals surface area (Å²) in [6.07, 6.45) is -4.69. The molecule has 1 atom stereocenters. The maximum atomic E-state index is 12.8. The highest BCUT2D eigenvalue weighted by molar-refractivity contribution is 6.00. The Morgan fingerprint density at radius 3 is 2.44 bits per heavy atom. The molecule has 0 unspecified atom stereocenters. The first kappa shape index (κ1) is 24.7. The van der Waals surface area contributed by atoms with E-state index in [4.69, 9.17) is 9.47 Å². The smallest absolute Gasteiger partial charge is 0.416 e. The van der Waals surface area contributed by atoms with Crippen LogP contribution in [0.15, 0.2) is 48.5 Å². The number of alkyl halides is 3. The Morgan fingerprint density at radius 1 is 1.09 bits per heavy atom. The van der Waals surface area contributed by atoms with Crippen molar-refractivity contribution in [1.29, 1.82) is 0 Å². The minimum absolute atomic E-state index is 0.0195. The van der Waals surface area contributed by atoms with Crippen LogP contribution in [0, 0.1) is 5.92 Å². The molecule has 2 amide bonds. The van der Waals surface area contributed by atoms with Gasteiger partial charge >= 0.3 is 18.1 Å². The maximum absolute atomic E-state index is 12.8. The fourth-order valence-electron chi connectivity index (χ4n) is 3.33. The summed E-state index contributed by atoms with van der Waals surface area (Å²) in [5, 5.41) is 2.24. The molecule has 1 fully saturated rings. The number of nitrogens with zero attached hydrogens (tertiary/aromatic N) is 1. The van der Waals surface area contributed by atoms with Gasteiger partial charge in [0.2, 0.25) is 5.91 Å². The highest BCUT2D eigenvalue weighted by Gasteiger charge is 2.36. The van der Waals surface area contributed by atoms with Gasteiger partial charge in [0.05, 0.1) is 23.7 Å².